The van der Waals surface area contributed by atoms with Crippen molar-refractivity contribution in [3.8, 4) is 11.8 Å². The van der Waals surface area contributed by atoms with Gasteiger partial charge in [-0.2, -0.15) is 13.2 Å². The average Bonchev–Trinajstić information content (AvgIpc) is 2.55. The van der Waals surface area contributed by atoms with Gasteiger partial charge in [-0.25, -0.2) is 8.42 Å². The van der Waals surface area contributed by atoms with E-state index in [1.54, 1.807) is 11.4 Å². The molecule has 0 aliphatic carbocycles. The van der Waals surface area contributed by atoms with Gasteiger partial charge < -0.3 is 5.32 Å². The summed E-state index contributed by atoms with van der Waals surface area (Å²) in [6.45, 7) is 3.38. The molecule has 1 aromatic carbocycles. The predicted molar refractivity (Wildman–Crippen MR) is 88.5 cm³/mol. The highest BCUT2D eigenvalue weighted by Crippen LogP contribution is 2.19. The first kappa shape index (κ1) is 21.0. The summed E-state index contributed by atoms with van der Waals surface area (Å²) in [4.78, 5) is 10.8. The molecule has 0 radical (unpaired) electrons. The minimum atomic E-state index is -4.95. The quantitative estimate of drug-likeness (QED) is 0.778. The van der Waals surface area contributed by atoms with Gasteiger partial charge >= 0.3 is 12.1 Å². The third-order valence-electron chi connectivity index (χ3n) is 3.63. The minimum absolute atomic E-state index is 0.0402. The van der Waals surface area contributed by atoms with Crippen LogP contribution in [0.25, 0.3) is 0 Å². The van der Waals surface area contributed by atoms with Gasteiger partial charge in [-0.3, -0.25) is 4.79 Å². The molecule has 0 aliphatic heterocycles. The monoisotopic (exact) mass is 375 g/mol. The van der Waals surface area contributed by atoms with Crippen molar-refractivity contribution in [1.82, 2.24) is 5.32 Å². The Morgan fingerprint density at radius 2 is 1.88 bits per heavy atom. The van der Waals surface area contributed by atoms with Crippen molar-refractivity contribution in [3.63, 3.8) is 0 Å². The summed E-state index contributed by atoms with van der Waals surface area (Å²) in [6.07, 6.45) is -3.44. The zero-order valence-electron chi connectivity index (χ0n) is 14.0. The summed E-state index contributed by atoms with van der Waals surface area (Å²) >= 11 is 0. The Morgan fingerprint density at radius 1 is 1.24 bits per heavy atom. The largest absolute Gasteiger partial charge is 0.471 e. The SMILES string of the molecule is CCC(CC)CS(=O)(=O)c1cccc(C#CCNC(=O)C(F)(F)F)c1. The average molecular weight is 375 g/mol. The topological polar surface area (TPSA) is 63.2 Å². The minimum Gasteiger partial charge on any atom is -0.337 e. The number of alkyl halides is 3. The first-order valence-electron chi connectivity index (χ1n) is 7.76. The molecule has 4 nitrogen and oxygen atoms in total. The lowest BCUT2D eigenvalue weighted by molar-refractivity contribution is -0.173. The molecule has 0 heterocycles. The zero-order valence-corrected chi connectivity index (χ0v) is 14.8. The van der Waals surface area contributed by atoms with Gasteiger partial charge in [-0.05, 0) is 24.1 Å². The summed E-state index contributed by atoms with van der Waals surface area (Å²) < 4.78 is 60.9. The maximum absolute atomic E-state index is 12.4. The van der Waals surface area contributed by atoms with Gasteiger partial charge in [0.25, 0.3) is 0 Å². The maximum Gasteiger partial charge on any atom is 0.471 e. The van der Waals surface area contributed by atoms with Gasteiger partial charge in [0.05, 0.1) is 17.2 Å². The van der Waals surface area contributed by atoms with Gasteiger partial charge in [0.1, 0.15) is 0 Å². The fourth-order valence-corrected chi connectivity index (χ4v) is 3.95. The second kappa shape index (κ2) is 8.90. The molecule has 0 bridgehead atoms. The highest BCUT2D eigenvalue weighted by molar-refractivity contribution is 7.91. The van der Waals surface area contributed by atoms with Crippen LogP contribution in [0.1, 0.15) is 32.3 Å². The van der Waals surface area contributed by atoms with E-state index in [9.17, 15) is 26.4 Å². The highest BCUT2D eigenvalue weighted by Gasteiger charge is 2.38. The molecule has 0 aliphatic rings. The number of hydrogen-bond donors (Lipinski definition) is 1. The first-order valence-corrected chi connectivity index (χ1v) is 9.42. The van der Waals surface area contributed by atoms with E-state index in [0.29, 0.717) is 5.56 Å². The number of sulfone groups is 1. The molecule has 1 amide bonds. The number of rotatable bonds is 6. The molecule has 0 spiro atoms. The third-order valence-corrected chi connectivity index (χ3v) is 5.51. The van der Waals surface area contributed by atoms with Crippen LogP contribution in [-0.2, 0) is 14.6 Å². The normalized spacial score (nSPS) is 11.8. The molecule has 0 aromatic heterocycles. The molecule has 138 valence electrons. The van der Waals surface area contributed by atoms with Crippen LogP contribution < -0.4 is 5.32 Å². The van der Waals surface area contributed by atoms with Crippen LogP contribution in [0.2, 0.25) is 0 Å². The van der Waals surface area contributed by atoms with E-state index in [4.69, 9.17) is 0 Å². The van der Waals surface area contributed by atoms with Crippen molar-refractivity contribution in [1.29, 1.82) is 0 Å². The van der Waals surface area contributed by atoms with Crippen LogP contribution in [0, 0.1) is 17.8 Å². The Hall–Kier alpha value is -2.01. The number of hydrogen-bond acceptors (Lipinski definition) is 3. The summed E-state index contributed by atoms with van der Waals surface area (Å²) in [7, 11) is -3.46. The predicted octanol–water partition coefficient (Wildman–Crippen LogP) is 2.93. The molecule has 0 unspecified atom stereocenters. The first-order chi connectivity index (χ1) is 11.6. The summed E-state index contributed by atoms with van der Waals surface area (Å²) in [5.74, 6) is 2.96. The van der Waals surface area contributed by atoms with Gasteiger partial charge in [-0.15, -0.1) is 0 Å². The van der Waals surface area contributed by atoms with Crippen LogP contribution in [0.15, 0.2) is 29.2 Å². The Bertz CT molecular complexity index is 757. The van der Waals surface area contributed by atoms with Crippen molar-refractivity contribution in [2.45, 2.75) is 37.8 Å². The lowest BCUT2D eigenvalue weighted by atomic mass is 10.1. The fraction of sp³-hybridized carbons (Fsp3) is 0.471. The van der Waals surface area contributed by atoms with Crippen LogP contribution in [0.3, 0.4) is 0 Å². The number of carbonyl (C=O) groups is 1. The van der Waals surface area contributed by atoms with Crippen molar-refractivity contribution in [3.05, 3.63) is 29.8 Å². The van der Waals surface area contributed by atoms with E-state index >= 15 is 0 Å². The number of nitrogens with one attached hydrogen (secondary N) is 1. The smallest absolute Gasteiger partial charge is 0.337 e. The Labute approximate surface area is 145 Å². The summed E-state index contributed by atoms with van der Waals surface area (Å²) in [5.41, 5.74) is 0.354. The van der Waals surface area contributed by atoms with Gasteiger partial charge in [-0.1, -0.05) is 44.6 Å². The van der Waals surface area contributed by atoms with E-state index in [2.05, 4.69) is 11.8 Å². The molecule has 25 heavy (non-hydrogen) atoms. The van der Waals surface area contributed by atoms with Gasteiger partial charge in [0.15, 0.2) is 9.84 Å². The van der Waals surface area contributed by atoms with Gasteiger partial charge in [0.2, 0.25) is 0 Å². The third kappa shape index (κ3) is 6.78. The Kier molecular flexibility index (Phi) is 7.49. The number of benzene rings is 1. The fourth-order valence-electron chi connectivity index (χ4n) is 2.07. The molecule has 8 heteroatoms. The number of carbonyl (C=O) groups excluding carboxylic acids is 1. The van der Waals surface area contributed by atoms with E-state index in [-0.39, 0.29) is 16.6 Å². The zero-order chi connectivity index (χ0) is 19.1. The van der Waals surface area contributed by atoms with Crippen LogP contribution in [0.4, 0.5) is 13.2 Å². The summed E-state index contributed by atoms with van der Waals surface area (Å²) in [5, 5.41) is 1.62. The second-order valence-corrected chi connectivity index (χ2v) is 7.51. The second-order valence-electron chi connectivity index (χ2n) is 5.47. The highest BCUT2D eigenvalue weighted by atomic mass is 32.2. The van der Waals surface area contributed by atoms with Crippen molar-refractivity contribution < 1.29 is 26.4 Å². The van der Waals surface area contributed by atoms with Gasteiger partial charge in [0, 0.05) is 5.56 Å². The van der Waals surface area contributed by atoms with Crippen molar-refractivity contribution in [2.24, 2.45) is 5.92 Å². The maximum atomic E-state index is 12.4. The van der Waals surface area contributed by atoms with E-state index in [0.717, 1.165) is 12.8 Å². The molecule has 0 fully saturated rings. The van der Waals surface area contributed by atoms with E-state index < -0.39 is 28.5 Å². The van der Waals surface area contributed by atoms with E-state index in [1.165, 1.54) is 18.2 Å². The summed E-state index contributed by atoms with van der Waals surface area (Å²) in [6, 6.07) is 5.93. The molecular formula is C17H20F3NO3S. The van der Waals surface area contributed by atoms with Crippen LogP contribution in [-0.4, -0.2) is 32.8 Å². The molecular weight excluding hydrogens is 355 g/mol. The Morgan fingerprint density at radius 3 is 2.44 bits per heavy atom. The molecule has 0 atom stereocenters. The van der Waals surface area contributed by atoms with Crippen LogP contribution >= 0.6 is 0 Å². The molecule has 1 rings (SSSR count). The molecule has 0 saturated carbocycles. The lowest BCUT2D eigenvalue weighted by Gasteiger charge is -2.12. The molecule has 0 saturated heterocycles. The Balaban J connectivity index is 2.82. The molecule has 1 aromatic rings. The van der Waals surface area contributed by atoms with E-state index in [1.807, 2.05) is 13.8 Å². The number of amides is 1. The molecule has 1 N–H and O–H groups in total. The van der Waals surface area contributed by atoms with Crippen LogP contribution in [0.5, 0.6) is 0 Å². The van der Waals surface area contributed by atoms with Crippen molar-refractivity contribution in [2.75, 3.05) is 12.3 Å². The lowest BCUT2D eigenvalue weighted by Crippen LogP contribution is -2.36. The standard InChI is InChI=1S/C17H20F3NO3S/c1-3-13(4-2)12-25(23,24)15-9-5-7-14(11-15)8-6-10-21-16(22)17(18,19)20/h5,7,9,11,13H,3-4,10,12H2,1-2H3,(H,21,22). The number of halogens is 3. The van der Waals surface area contributed by atoms with Crippen molar-refractivity contribution >= 4 is 15.7 Å².